The molecule has 1 aliphatic rings. The van der Waals surface area contributed by atoms with E-state index >= 15 is 0 Å². The van der Waals surface area contributed by atoms with Crippen LogP contribution in [0.15, 0.2) is 53.8 Å². The van der Waals surface area contributed by atoms with E-state index in [1.54, 1.807) is 6.26 Å². The Balaban J connectivity index is 1.81. The number of hydrogen-bond donors (Lipinski definition) is 0. The van der Waals surface area contributed by atoms with Gasteiger partial charge in [0.2, 0.25) is 0 Å². The van der Waals surface area contributed by atoms with Crippen molar-refractivity contribution in [3.8, 4) is 0 Å². The second-order valence-corrected chi connectivity index (χ2v) is 5.01. The molecule has 0 aliphatic carbocycles. The SMILES string of the molecule is C=CCN1CCN(Cc2ccco2)Cc2cccnc21. The van der Waals surface area contributed by atoms with E-state index < -0.39 is 0 Å². The maximum absolute atomic E-state index is 5.45. The van der Waals surface area contributed by atoms with Crippen molar-refractivity contribution < 1.29 is 4.42 Å². The summed E-state index contributed by atoms with van der Waals surface area (Å²) in [6, 6.07) is 8.11. The van der Waals surface area contributed by atoms with E-state index in [0.29, 0.717) is 0 Å². The summed E-state index contributed by atoms with van der Waals surface area (Å²) in [6.07, 6.45) is 5.52. The molecule has 0 fully saturated rings. The second-order valence-electron chi connectivity index (χ2n) is 5.01. The molecule has 2 aromatic heterocycles. The molecule has 0 amide bonds. The van der Waals surface area contributed by atoms with Crippen LogP contribution in [0.1, 0.15) is 11.3 Å². The quantitative estimate of drug-likeness (QED) is 0.799. The molecule has 0 saturated heterocycles. The van der Waals surface area contributed by atoms with E-state index in [-0.39, 0.29) is 0 Å². The molecule has 0 atom stereocenters. The smallest absolute Gasteiger partial charge is 0.133 e. The summed E-state index contributed by atoms with van der Waals surface area (Å²) < 4.78 is 5.45. The Kier molecular flexibility index (Phi) is 3.83. The van der Waals surface area contributed by atoms with Crippen molar-refractivity contribution in [1.29, 1.82) is 0 Å². The number of nitrogens with zero attached hydrogens (tertiary/aromatic N) is 3. The Morgan fingerprint density at radius 3 is 3.05 bits per heavy atom. The van der Waals surface area contributed by atoms with Gasteiger partial charge in [-0.15, -0.1) is 6.58 Å². The predicted molar refractivity (Wildman–Crippen MR) is 79.5 cm³/mol. The molecule has 0 bridgehead atoms. The zero-order chi connectivity index (χ0) is 13.8. The van der Waals surface area contributed by atoms with Crippen LogP contribution < -0.4 is 4.90 Å². The molecule has 0 N–H and O–H groups in total. The first-order chi connectivity index (χ1) is 9.86. The molecular weight excluding hydrogens is 250 g/mol. The molecule has 0 radical (unpaired) electrons. The summed E-state index contributed by atoms with van der Waals surface area (Å²) in [7, 11) is 0. The van der Waals surface area contributed by atoms with Crippen molar-refractivity contribution in [3.05, 3.63) is 60.7 Å². The number of aromatic nitrogens is 1. The van der Waals surface area contributed by atoms with Gasteiger partial charge in [0.15, 0.2) is 0 Å². The highest BCUT2D eigenvalue weighted by molar-refractivity contribution is 5.48. The molecule has 2 aromatic rings. The lowest BCUT2D eigenvalue weighted by Crippen LogP contribution is -2.31. The minimum atomic E-state index is 0.832. The lowest BCUT2D eigenvalue weighted by molar-refractivity contribution is 0.246. The molecule has 20 heavy (non-hydrogen) atoms. The van der Waals surface area contributed by atoms with Crippen LogP contribution in [-0.2, 0) is 13.1 Å². The van der Waals surface area contributed by atoms with Gasteiger partial charge in [-0.05, 0) is 18.2 Å². The molecule has 3 heterocycles. The van der Waals surface area contributed by atoms with Gasteiger partial charge in [-0.25, -0.2) is 4.98 Å². The van der Waals surface area contributed by atoms with Gasteiger partial charge in [-0.3, -0.25) is 4.90 Å². The minimum absolute atomic E-state index is 0.832. The fourth-order valence-electron chi connectivity index (χ4n) is 2.62. The fraction of sp³-hybridized carbons (Fsp3) is 0.312. The first-order valence-electron chi connectivity index (χ1n) is 6.91. The lowest BCUT2D eigenvalue weighted by atomic mass is 10.2. The average Bonchev–Trinajstić information content (AvgIpc) is 2.90. The van der Waals surface area contributed by atoms with Crippen LogP contribution in [0.5, 0.6) is 0 Å². The van der Waals surface area contributed by atoms with Gasteiger partial charge >= 0.3 is 0 Å². The summed E-state index contributed by atoms with van der Waals surface area (Å²) in [5.41, 5.74) is 1.26. The van der Waals surface area contributed by atoms with Crippen LogP contribution in [0.4, 0.5) is 5.82 Å². The zero-order valence-electron chi connectivity index (χ0n) is 11.5. The van der Waals surface area contributed by atoms with Crippen molar-refractivity contribution >= 4 is 5.82 Å². The lowest BCUT2D eigenvalue weighted by Gasteiger charge is -2.22. The summed E-state index contributed by atoms with van der Waals surface area (Å²) >= 11 is 0. The Hall–Kier alpha value is -2.07. The van der Waals surface area contributed by atoms with Gasteiger partial charge in [-0.2, -0.15) is 0 Å². The molecule has 0 unspecified atom stereocenters. The molecule has 1 aliphatic heterocycles. The van der Waals surface area contributed by atoms with Crippen molar-refractivity contribution in [3.63, 3.8) is 0 Å². The topological polar surface area (TPSA) is 32.5 Å². The Morgan fingerprint density at radius 2 is 2.25 bits per heavy atom. The van der Waals surface area contributed by atoms with Crippen LogP contribution in [0.25, 0.3) is 0 Å². The maximum Gasteiger partial charge on any atom is 0.133 e. The van der Waals surface area contributed by atoms with Gasteiger partial charge in [0.25, 0.3) is 0 Å². The summed E-state index contributed by atoms with van der Waals surface area (Å²) in [6.45, 7) is 8.36. The molecule has 0 saturated carbocycles. The first-order valence-corrected chi connectivity index (χ1v) is 6.91. The van der Waals surface area contributed by atoms with Crippen molar-refractivity contribution in [2.75, 3.05) is 24.5 Å². The summed E-state index contributed by atoms with van der Waals surface area (Å²) in [5.74, 6) is 2.09. The molecule has 4 nitrogen and oxygen atoms in total. The Morgan fingerprint density at radius 1 is 1.30 bits per heavy atom. The number of fused-ring (bicyclic) bond motifs is 1. The normalized spacial score (nSPS) is 15.7. The Bertz CT molecular complexity index is 565. The summed E-state index contributed by atoms with van der Waals surface area (Å²) in [4.78, 5) is 9.21. The standard InChI is InChI=1S/C16H19N3O/c1-2-8-19-10-9-18(13-15-6-4-11-20-15)12-14-5-3-7-17-16(14)19/h2-7,11H,1,8-10,12-13H2. The molecular formula is C16H19N3O. The van der Waals surface area contributed by atoms with E-state index in [9.17, 15) is 0 Å². The molecule has 4 heteroatoms. The van der Waals surface area contributed by atoms with Crippen LogP contribution >= 0.6 is 0 Å². The maximum atomic E-state index is 5.45. The largest absolute Gasteiger partial charge is 0.468 e. The number of pyridine rings is 1. The van der Waals surface area contributed by atoms with Crippen LogP contribution in [0.3, 0.4) is 0 Å². The van der Waals surface area contributed by atoms with E-state index in [1.165, 1.54) is 5.56 Å². The number of furan rings is 1. The number of hydrogen-bond acceptors (Lipinski definition) is 4. The third-order valence-corrected chi connectivity index (χ3v) is 3.56. The average molecular weight is 269 g/mol. The van der Waals surface area contributed by atoms with E-state index in [2.05, 4.69) is 27.4 Å². The van der Waals surface area contributed by atoms with Gasteiger partial charge in [-0.1, -0.05) is 12.1 Å². The highest BCUT2D eigenvalue weighted by atomic mass is 16.3. The molecule has 0 aromatic carbocycles. The number of rotatable bonds is 4. The van der Waals surface area contributed by atoms with E-state index in [1.807, 2.05) is 30.5 Å². The van der Waals surface area contributed by atoms with E-state index in [0.717, 1.165) is 44.3 Å². The van der Waals surface area contributed by atoms with Crippen LogP contribution in [0.2, 0.25) is 0 Å². The highest BCUT2D eigenvalue weighted by Gasteiger charge is 2.20. The van der Waals surface area contributed by atoms with Crippen LogP contribution in [-0.4, -0.2) is 29.5 Å². The molecule has 3 rings (SSSR count). The van der Waals surface area contributed by atoms with Crippen molar-refractivity contribution in [2.45, 2.75) is 13.1 Å². The minimum Gasteiger partial charge on any atom is -0.468 e. The highest BCUT2D eigenvalue weighted by Crippen LogP contribution is 2.23. The monoisotopic (exact) mass is 269 g/mol. The molecule has 104 valence electrons. The Labute approximate surface area is 119 Å². The predicted octanol–water partition coefficient (Wildman–Crippen LogP) is 2.68. The van der Waals surface area contributed by atoms with Crippen molar-refractivity contribution in [2.24, 2.45) is 0 Å². The molecule has 0 spiro atoms. The summed E-state index contributed by atoms with van der Waals surface area (Å²) in [5, 5.41) is 0. The second kappa shape index (κ2) is 5.92. The fourth-order valence-corrected chi connectivity index (χ4v) is 2.62. The van der Waals surface area contributed by atoms with Gasteiger partial charge in [0, 0.05) is 37.9 Å². The third kappa shape index (κ3) is 2.75. The third-order valence-electron chi connectivity index (χ3n) is 3.56. The van der Waals surface area contributed by atoms with Gasteiger partial charge < -0.3 is 9.32 Å². The van der Waals surface area contributed by atoms with E-state index in [4.69, 9.17) is 4.42 Å². The van der Waals surface area contributed by atoms with Crippen LogP contribution in [0, 0.1) is 0 Å². The van der Waals surface area contributed by atoms with Gasteiger partial charge in [0.1, 0.15) is 11.6 Å². The van der Waals surface area contributed by atoms with Crippen molar-refractivity contribution in [1.82, 2.24) is 9.88 Å². The van der Waals surface area contributed by atoms with Gasteiger partial charge in [0.05, 0.1) is 12.8 Å². The zero-order valence-corrected chi connectivity index (χ0v) is 11.5. The first kappa shape index (κ1) is 12.9. The number of anilines is 1.